The number of aromatic nitrogens is 1. The van der Waals surface area contributed by atoms with Gasteiger partial charge in [0.15, 0.2) is 0 Å². The lowest BCUT2D eigenvalue weighted by molar-refractivity contribution is -0.137. The molecule has 0 aliphatic carbocycles. The lowest BCUT2D eigenvalue weighted by Gasteiger charge is -2.22. The van der Waals surface area contributed by atoms with Gasteiger partial charge in [-0.3, -0.25) is 0 Å². The van der Waals surface area contributed by atoms with Crippen LogP contribution in [-0.4, -0.2) is 31.3 Å². The van der Waals surface area contributed by atoms with Gasteiger partial charge in [-0.05, 0) is 37.8 Å². The van der Waals surface area contributed by atoms with Crippen molar-refractivity contribution in [2.75, 3.05) is 30.8 Å². The molecule has 0 bridgehead atoms. The summed E-state index contributed by atoms with van der Waals surface area (Å²) < 4.78 is 44.0. The maximum Gasteiger partial charge on any atom is 0.416 e. The summed E-state index contributed by atoms with van der Waals surface area (Å²) in [5.41, 5.74) is -0.710. The average molecular weight is 303 g/mol. The van der Waals surface area contributed by atoms with Crippen molar-refractivity contribution in [2.24, 2.45) is 0 Å². The first kappa shape index (κ1) is 15.9. The molecular weight excluding hydrogens is 283 g/mol. The van der Waals surface area contributed by atoms with Crippen LogP contribution in [0.25, 0.3) is 0 Å². The smallest absolute Gasteiger partial charge is 0.378 e. The number of alkyl halides is 3. The maximum absolute atomic E-state index is 12.8. The summed E-state index contributed by atoms with van der Waals surface area (Å²) >= 11 is 0. The van der Waals surface area contributed by atoms with Crippen LogP contribution in [0.5, 0.6) is 0 Å². The van der Waals surface area contributed by atoms with E-state index in [4.69, 9.17) is 4.74 Å². The normalized spacial score (nSPS) is 19.3. The number of rotatable bonds is 5. The lowest BCUT2D eigenvalue weighted by atomic mass is 10.1. The van der Waals surface area contributed by atoms with Gasteiger partial charge in [0.1, 0.15) is 11.6 Å². The van der Waals surface area contributed by atoms with Crippen LogP contribution < -0.4 is 10.6 Å². The molecule has 2 heterocycles. The summed E-state index contributed by atoms with van der Waals surface area (Å²) in [5.74, 6) is 0.422. The Morgan fingerprint density at radius 2 is 2.05 bits per heavy atom. The van der Waals surface area contributed by atoms with Gasteiger partial charge in [0.05, 0.1) is 11.7 Å². The standard InChI is InChI=1S/C14H20F3N3O/c1-18-12-8-10(14(15,16)17)9-13(20-12)19-6-5-11-4-2-3-7-21-11/h8-9,11H,2-7H2,1H3,(H2,18,19,20). The number of anilines is 2. The van der Waals surface area contributed by atoms with E-state index < -0.39 is 11.7 Å². The molecule has 118 valence electrons. The van der Waals surface area contributed by atoms with Crippen molar-refractivity contribution in [3.8, 4) is 0 Å². The summed E-state index contributed by atoms with van der Waals surface area (Å²) in [7, 11) is 1.54. The monoisotopic (exact) mass is 303 g/mol. The van der Waals surface area contributed by atoms with Crippen molar-refractivity contribution in [3.05, 3.63) is 17.7 Å². The van der Waals surface area contributed by atoms with Gasteiger partial charge in [-0.25, -0.2) is 4.98 Å². The molecule has 2 N–H and O–H groups in total. The van der Waals surface area contributed by atoms with Crippen LogP contribution >= 0.6 is 0 Å². The molecule has 4 nitrogen and oxygen atoms in total. The van der Waals surface area contributed by atoms with E-state index in [0.717, 1.165) is 44.4 Å². The van der Waals surface area contributed by atoms with Crippen LogP contribution in [0.3, 0.4) is 0 Å². The third-order valence-corrected chi connectivity index (χ3v) is 3.46. The fraction of sp³-hybridized carbons (Fsp3) is 0.643. The van der Waals surface area contributed by atoms with Crippen LogP contribution in [0, 0.1) is 0 Å². The highest BCUT2D eigenvalue weighted by molar-refractivity contribution is 5.49. The minimum absolute atomic E-state index is 0.195. The molecule has 1 aliphatic rings. The molecule has 1 unspecified atom stereocenters. The maximum atomic E-state index is 12.8. The third kappa shape index (κ3) is 4.77. The Hall–Kier alpha value is -1.50. The Morgan fingerprint density at radius 3 is 2.67 bits per heavy atom. The SMILES string of the molecule is CNc1cc(C(F)(F)F)cc(NCCC2CCCCO2)n1. The highest BCUT2D eigenvalue weighted by atomic mass is 19.4. The summed E-state index contributed by atoms with van der Waals surface area (Å²) in [6.07, 6.45) is -0.161. The van der Waals surface area contributed by atoms with Crippen molar-refractivity contribution in [1.29, 1.82) is 0 Å². The van der Waals surface area contributed by atoms with E-state index in [2.05, 4.69) is 15.6 Å². The molecule has 21 heavy (non-hydrogen) atoms. The summed E-state index contributed by atoms with van der Waals surface area (Å²) in [5, 5.41) is 5.59. The molecule has 1 fully saturated rings. The highest BCUT2D eigenvalue weighted by Crippen LogP contribution is 2.32. The molecule has 7 heteroatoms. The minimum Gasteiger partial charge on any atom is -0.378 e. The Balaban J connectivity index is 1.95. The van der Waals surface area contributed by atoms with E-state index >= 15 is 0 Å². The van der Waals surface area contributed by atoms with E-state index in [1.807, 2.05) is 0 Å². The van der Waals surface area contributed by atoms with Crippen LogP contribution in [0.4, 0.5) is 24.8 Å². The second-order valence-electron chi connectivity index (χ2n) is 5.08. The second-order valence-corrected chi connectivity index (χ2v) is 5.08. The molecule has 1 saturated heterocycles. The average Bonchev–Trinajstić information content (AvgIpc) is 2.47. The van der Waals surface area contributed by atoms with Gasteiger partial charge in [-0.2, -0.15) is 13.2 Å². The molecule has 2 rings (SSSR count). The predicted octanol–water partition coefficient (Wildman–Crippen LogP) is 3.51. The molecular formula is C14H20F3N3O. The molecule has 0 aromatic carbocycles. The molecule has 0 radical (unpaired) electrons. The zero-order chi connectivity index (χ0) is 15.3. The Morgan fingerprint density at radius 1 is 1.29 bits per heavy atom. The number of pyridine rings is 1. The Bertz CT molecular complexity index is 459. The number of ether oxygens (including phenoxy) is 1. The van der Waals surface area contributed by atoms with E-state index in [1.165, 1.54) is 0 Å². The van der Waals surface area contributed by atoms with E-state index in [9.17, 15) is 13.2 Å². The molecule has 1 aromatic heterocycles. The predicted molar refractivity (Wildman–Crippen MR) is 75.5 cm³/mol. The van der Waals surface area contributed by atoms with Crippen LogP contribution in [0.2, 0.25) is 0 Å². The fourth-order valence-electron chi connectivity index (χ4n) is 2.31. The molecule has 0 amide bonds. The molecule has 1 aromatic rings. The first-order valence-electron chi connectivity index (χ1n) is 7.11. The minimum atomic E-state index is -4.38. The van der Waals surface area contributed by atoms with Gasteiger partial charge in [-0.15, -0.1) is 0 Å². The van der Waals surface area contributed by atoms with Crippen LogP contribution in [-0.2, 0) is 10.9 Å². The Kier molecular flexibility index (Phi) is 5.27. The zero-order valence-corrected chi connectivity index (χ0v) is 12.0. The number of halogens is 3. The summed E-state index contributed by atoms with van der Waals surface area (Å²) in [6, 6.07) is 2.03. The first-order chi connectivity index (χ1) is 9.99. The number of nitrogens with zero attached hydrogens (tertiary/aromatic N) is 1. The van der Waals surface area contributed by atoms with Crippen molar-refractivity contribution >= 4 is 11.6 Å². The van der Waals surface area contributed by atoms with Gasteiger partial charge in [0.25, 0.3) is 0 Å². The van der Waals surface area contributed by atoms with Gasteiger partial charge >= 0.3 is 6.18 Å². The fourth-order valence-corrected chi connectivity index (χ4v) is 2.31. The van der Waals surface area contributed by atoms with Crippen LogP contribution in [0.1, 0.15) is 31.2 Å². The van der Waals surface area contributed by atoms with E-state index in [1.54, 1.807) is 7.05 Å². The van der Waals surface area contributed by atoms with Gasteiger partial charge in [-0.1, -0.05) is 0 Å². The molecule has 0 saturated carbocycles. The summed E-state index contributed by atoms with van der Waals surface area (Å²) in [4.78, 5) is 4.09. The molecule has 1 aliphatic heterocycles. The van der Waals surface area contributed by atoms with E-state index in [-0.39, 0.29) is 17.7 Å². The summed E-state index contributed by atoms with van der Waals surface area (Å²) in [6.45, 7) is 1.32. The highest BCUT2D eigenvalue weighted by Gasteiger charge is 2.31. The van der Waals surface area contributed by atoms with Gasteiger partial charge < -0.3 is 15.4 Å². The van der Waals surface area contributed by atoms with Crippen molar-refractivity contribution in [1.82, 2.24) is 4.98 Å². The molecule has 0 spiro atoms. The van der Waals surface area contributed by atoms with Gasteiger partial charge in [0.2, 0.25) is 0 Å². The van der Waals surface area contributed by atoms with Crippen molar-refractivity contribution < 1.29 is 17.9 Å². The Labute approximate surface area is 122 Å². The second kappa shape index (κ2) is 6.98. The van der Waals surface area contributed by atoms with Crippen LogP contribution in [0.15, 0.2) is 12.1 Å². The molecule has 1 atom stereocenters. The third-order valence-electron chi connectivity index (χ3n) is 3.46. The number of hydrogen-bond donors (Lipinski definition) is 2. The van der Waals surface area contributed by atoms with E-state index in [0.29, 0.717) is 6.54 Å². The van der Waals surface area contributed by atoms with Crippen molar-refractivity contribution in [3.63, 3.8) is 0 Å². The number of hydrogen-bond acceptors (Lipinski definition) is 4. The van der Waals surface area contributed by atoms with Gasteiger partial charge in [0, 0.05) is 20.2 Å². The largest absolute Gasteiger partial charge is 0.416 e. The number of nitrogens with one attached hydrogen (secondary N) is 2. The topological polar surface area (TPSA) is 46.2 Å². The quantitative estimate of drug-likeness (QED) is 0.874. The first-order valence-corrected chi connectivity index (χ1v) is 7.11. The van der Waals surface area contributed by atoms with Crippen molar-refractivity contribution in [2.45, 2.75) is 38.0 Å². The lowest BCUT2D eigenvalue weighted by Crippen LogP contribution is -2.22. The zero-order valence-electron chi connectivity index (χ0n) is 12.0.